The van der Waals surface area contributed by atoms with Crippen LogP contribution in [-0.4, -0.2) is 17.9 Å². The molecule has 0 bridgehead atoms. The van der Waals surface area contributed by atoms with Crippen molar-refractivity contribution < 1.29 is 9.59 Å². The molecule has 0 radical (unpaired) electrons. The fourth-order valence-corrected chi connectivity index (χ4v) is 3.08. The molecule has 1 heterocycles. The molecule has 0 saturated heterocycles. The Bertz CT molecular complexity index is 507. The first-order valence-corrected chi connectivity index (χ1v) is 6.96. The van der Waals surface area contributed by atoms with Crippen LogP contribution in [0.1, 0.15) is 42.5 Å². The van der Waals surface area contributed by atoms with Crippen molar-refractivity contribution in [3.8, 4) is 0 Å². The summed E-state index contributed by atoms with van der Waals surface area (Å²) in [6.07, 6.45) is 5.58. The van der Waals surface area contributed by atoms with Gasteiger partial charge in [0.2, 0.25) is 5.91 Å². The lowest BCUT2D eigenvalue weighted by Crippen LogP contribution is -2.47. The summed E-state index contributed by atoms with van der Waals surface area (Å²) in [5.74, 6) is 0.0433. The number of rotatable bonds is 1. The molecule has 1 unspecified atom stereocenters. The Kier molecular flexibility index (Phi) is 3.23. The Balaban J connectivity index is 1.86. The number of hydrogen-bond donors (Lipinski definition) is 2. The van der Waals surface area contributed by atoms with E-state index in [9.17, 15) is 9.59 Å². The summed E-state index contributed by atoms with van der Waals surface area (Å²) in [7, 11) is 0. The van der Waals surface area contributed by atoms with Gasteiger partial charge in [-0.15, -0.1) is 0 Å². The van der Waals surface area contributed by atoms with Crippen molar-refractivity contribution in [2.24, 2.45) is 5.92 Å². The van der Waals surface area contributed by atoms with Crippen molar-refractivity contribution in [1.82, 2.24) is 5.32 Å². The standard InChI is InChI=1S/C15H18N2O2/c18-14-11-8-4-5-9-12(11)16-15(19)13(17-14)10-6-2-1-3-7-10/h4-5,8-10,13H,1-3,6-7H2,(H,16,19)(H,17,18). The summed E-state index contributed by atoms with van der Waals surface area (Å²) < 4.78 is 0. The number of carbonyl (C=O) groups excluding carboxylic acids is 2. The van der Waals surface area contributed by atoms with Crippen molar-refractivity contribution in [3.63, 3.8) is 0 Å². The van der Waals surface area contributed by atoms with Crippen LogP contribution in [0.3, 0.4) is 0 Å². The second kappa shape index (κ2) is 5.03. The second-order valence-corrected chi connectivity index (χ2v) is 5.38. The van der Waals surface area contributed by atoms with Crippen LogP contribution in [0.5, 0.6) is 0 Å². The molecule has 1 aromatic carbocycles. The zero-order valence-electron chi connectivity index (χ0n) is 10.8. The van der Waals surface area contributed by atoms with E-state index in [2.05, 4.69) is 10.6 Å². The van der Waals surface area contributed by atoms with Gasteiger partial charge >= 0.3 is 0 Å². The van der Waals surface area contributed by atoms with Crippen LogP contribution in [0, 0.1) is 5.92 Å². The molecule has 1 aliphatic carbocycles. The molecule has 1 fully saturated rings. The minimum absolute atomic E-state index is 0.0785. The molecule has 0 spiro atoms. The molecular weight excluding hydrogens is 240 g/mol. The highest BCUT2D eigenvalue weighted by Crippen LogP contribution is 2.29. The van der Waals surface area contributed by atoms with Crippen LogP contribution < -0.4 is 10.6 Å². The predicted molar refractivity (Wildman–Crippen MR) is 72.9 cm³/mol. The van der Waals surface area contributed by atoms with Crippen molar-refractivity contribution in [2.45, 2.75) is 38.1 Å². The summed E-state index contributed by atoms with van der Waals surface area (Å²) in [4.78, 5) is 24.5. The topological polar surface area (TPSA) is 58.2 Å². The fraction of sp³-hybridized carbons (Fsp3) is 0.467. The summed E-state index contributed by atoms with van der Waals surface area (Å²) in [6, 6.07) is 6.77. The summed E-state index contributed by atoms with van der Waals surface area (Å²) in [6.45, 7) is 0. The largest absolute Gasteiger partial charge is 0.340 e. The Hall–Kier alpha value is -1.84. The minimum atomic E-state index is -0.389. The highest BCUT2D eigenvalue weighted by molar-refractivity contribution is 6.09. The first-order valence-electron chi connectivity index (χ1n) is 6.96. The van der Waals surface area contributed by atoms with Gasteiger partial charge in [-0.05, 0) is 30.9 Å². The molecule has 1 aliphatic heterocycles. The molecule has 100 valence electrons. The molecule has 0 aromatic heterocycles. The van der Waals surface area contributed by atoms with Gasteiger partial charge in [-0.1, -0.05) is 31.4 Å². The van der Waals surface area contributed by atoms with E-state index in [1.807, 2.05) is 12.1 Å². The lowest BCUT2D eigenvalue weighted by Gasteiger charge is -2.28. The smallest absolute Gasteiger partial charge is 0.254 e. The van der Waals surface area contributed by atoms with Crippen LogP contribution >= 0.6 is 0 Å². The van der Waals surface area contributed by atoms with Gasteiger partial charge in [-0.2, -0.15) is 0 Å². The monoisotopic (exact) mass is 258 g/mol. The van der Waals surface area contributed by atoms with Crippen LogP contribution in [0.15, 0.2) is 24.3 Å². The Morgan fingerprint density at radius 3 is 2.53 bits per heavy atom. The number of nitrogens with one attached hydrogen (secondary N) is 2. The SMILES string of the molecule is O=C1NC(C2CCCCC2)C(=O)Nc2ccccc21. The molecule has 2 amide bonds. The average Bonchev–Trinajstić information content (AvgIpc) is 2.57. The summed E-state index contributed by atoms with van der Waals surface area (Å²) in [5.41, 5.74) is 1.16. The lowest BCUT2D eigenvalue weighted by molar-refractivity contribution is -0.119. The van der Waals surface area contributed by atoms with Crippen LogP contribution in [0.2, 0.25) is 0 Å². The van der Waals surface area contributed by atoms with Crippen molar-refractivity contribution in [3.05, 3.63) is 29.8 Å². The average molecular weight is 258 g/mol. The van der Waals surface area contributed by atoms with Crippen LogP contribution in [0.25, 0.3) is 0 Å². The van der Waals surface area contributed by atoms with Crippen molar-refractivity contribution >= 4 is 17.5 Å². The molecule has 19 heavy (non-hydrogen) atoms. The number of amides is 2. The highest BCUT2D eigenvalue weighted by Gasteiger charge is 2.34. The lowest BCUT2D eigenvalue weighted by atomic mass is 9.83. The van der Waals surface area contributed by atoms with Gasteiger partial charge < -0.3 is 10.6 Å². The summed E-state index contributed by atoms with van der Waals surface area (Å²) in [5, 5.41) is 5.78. The molecule has 2 N–H and O–H groups in total. The van der Waals surface area contributed by atoms with E-state index in [-0.39, 0.29) is 23.8 Å². The third-order valence-corrected chi connectivity index (χ3v) is 4.12. The third-order valence-electron chi connectivity index (χ3n) is 4.12. The molecule has 1 saturated carbocycles. The van der Waals surface area contributed by atoms with E-state index < -0.39 is 0 Å². The van der Waals surface area contributed by atoms with E-state index in [1.54, 1.807) is 12.1 Å². The molecule has 1 atom stereocenters. The molecular formula is C15H18N2O2. The minimum Gasteiger partial charge on any atom is -0.340 e. The zero-order chi connectivity index (χ0) is 13.2. The van der Waals surface area contributed by atoms with Gasteiger partial charge in [0, 0.05) is 0 Å². The number of carbonyl (C=O) groups is 2. The van der Waals surface area contributed by atoms with E-state index >= 15 is 0 Å². The van der Waals surface area contributed by atoms with Gasteiger partial charge in [0.1, 0.15) is 6.04 Å². The van der Waals surface area contributed by atoms with E-state index in [0.29, 0.717) is 11.3 Å². The number of hydrogen-bond acceptors (Lipinski definition) is 2. The van der Waals surface area contributed by atoms with Gasteiger partial charge in [-0.3, -0.25) is 9.59 Å². The summed E-state index contributed by atoms with van der Waals surface area (Å²) >= 11 is 0. The molecule has 4 heteroatoms. The Morgan fingerprint density at radius 1 is 1.00 bits per heavy atom. The number of anilines is 1. The maximum atomic E-state index is 12.3. The number of benzene rings is 1. The van der Waals surface area contributed by atoms with Gasteiger partial charge in [-0.25, -0.2) is 0 Å². The number of para-hydroxylation sites is 1. The zero-order valence-corrected chi connectivity index (χ0v) is 10.8. The third kappa shape index (κ3) is 2.35. The molecule has 1 aromatic rings. The quantitative estimate of drug-likeness (QED) is 0.812. The maximum absolute atomic E-state index is 12.3. The van der Waals surface area contributed by atoms with E-state index in [4.69, 9.17) is 0 Å². The van der Waals surface area contributed by atoms with Gasteiger partial charge in [0.05, 0.1) is 11.3 Å². The highest BCUT2D eigenvalue weighted by atomic mass is 16.2. The predicted octanol–water partition coefficient (Wildman–Crippen LogP) is 2.32. The Morgan fingerprint density at radius 2 is 1.74 bits per heavy atom. The van der Waals surface area contributed by atoms with Crippen LogP contribution in [0.4, 0.5) is 5.69 Å². The number of fused-ring (bicyclic) bond motifs is 1. The Labute approximate surface area is 112 Å². The van der Waals surface area contributed by atoms with E-state index in [0.717, 1.165) is 25.7 Å². The molecule has 4 nitrogen and oxygen atoms in total. The van der Waals surface area contributed by atoms with Crippen molar-refractivity contribution in [2.75, 3.05) is 5.32 Å². The molecule has 2 aliphatic rings. The molecule has 3 rings (SSSR count). The first-order chi connectivity index (χ1) is 9.25. The van der Waals surface area contributed by atoms with Crippen LogP contribution in [-0.2, 0) is 4.79 Å². The normalized spacial score (nSPS) is 24.1. The maximum Gasteiger partial charge on any atom is 0.254 e. The first kappa shape index (κ1) is 12.2. The van der Waals surface area contributed by atoms with Gasteiger partial charge in [0.15, 0.2) is 0 Å². The second-order valence-electron chi connectivity index (χ2n) is 5.38. The van der Waals surface area contributed by atoms with E-state index in [1.165, 1.54) is 6.42 Å². The fourth-order valence-electron chi connectivity index (χ4n) is 3.08. The van der Waals surface area contributed by atoms with Crippen molar-refractivity contribution in [1.29, 1.82) is 0 Å². The van der Waals surface area contributed by atoms with Gasteiger partial charge in [0.25, 0.3) is 5.91 Å².